The Morgan fingerprint density at radius 1 is 1.50 bits per heavy atom. The monoisotopic (exact) mass is 239 g/mol. The number of aromatic nitrogens is 3. The molecule has 0 amide bonds. The first-order valence-electron chi connectivity index (χ1n) is 4.49. The number of aromatic amines is 1. The van der Waals surface area contributed by atoms with Crippen LogP contribution in [0.15, 0.2) is 24.4 Å². The van der Waals surface area contributed by atoms with Crippen LogP contribution in [0, 0.1) is 5.82 Å². The number of halogens is 2. The number of carbonyl (C=O) groups is 1. The molecule has 1 aromatic carbocycles. The van der Waals surface area contributed by atoms with E-state index in [-0.39, 0.29) is 23.5 Å². The topological polar surface area (TPSA) is 58.6 Å². The van der Waals surface area contributed by atoms with Crippen molar-refractivity contribution >= 4 is 17.4 Å². The number of H-pyrrole nitrogens is 1. The molecule has 1 N–H and O–H groups in total. The molecule has 0 fully saturated rings. The molecule has 1 heterocycles. The maximum atomic E-state index is 13.4. The fourth-order valence-electron chi connectivity index (χ4n) is 1.26. The summed E-state index contributed by atoms with van der Waals surface area (Å²) in [5.41, 5.74) is 0.478. The Balaban J connectivity index is 2.18. The van der Waals surface area contributed by atoms with Gasteiger partial charge in [0.2, 0.25) is 0 Å². The van der Waals surface area contributed by atoms with Gasteiger partial charge in [-0.1, -0.05) is 17.7 Å². The Morgan fingerprint density at radius 3 is 2.94 bits per heavy atom. The molecular weight excluding hydrogens is 233 g/mol. The Morgan fingerprint density at radius 2 is 2.31 bits per heavy atom. The lowest BCUT2D eigenvalue weighted by Gasteiger charge is -2.01. The fraction of sp³-hybridized carbons (Fsp3) is 0.100. The van der Waals surface area contributed by atoms with Crippen molar-refractivity contribution < 1.29 is 9.18 Å². The second-order valence-electron chi connectivity index (χ2n) is 3.19. The third kappa shape index (κ3) is 2.25. The predicted octanol–water partition coefficient (Wildman–Crippen LogP) is 2.02. The maximum absolute atomic E-state index is 13.4. The van der Waals surface area contributed by atoms with Gasteiger partial charge in [0.05, 0.1) is 6.20 Å². The normalized spacial score (nSPS) is 10.4. The third-order valence-electron chi connectivity index (χ3n) is 2.07. The zero-order valence-electron chi connectivity index (χ0n) is 8.08. The summed E-state index contributed by atoms with van der Waals surface area (Å²) in [5, 5.41) is 9.76. The van der Waals surface area contributed by atoms with E-state index in [9.17, 15) is 9.18 Å². The molecule has 0 spiro atoms. The molecule has 2 rings (SSSR count). The number of Topliss-reactive ketones (excluding diaryl/α,β-unsaturated/α-hetero) is 1. The average Bonchev–Trinajstić information content (AvgIpc) is 2.75. The molecule has 0 bridgehead atoms. The number of rotatable bonds is 3. The minimum Gasteiger partial charge on any atom is -0.292 e. The predicted molar refractivity (Wildman–Crippen MR) is 55.8 cm³/mol. The Kier molecular flexibility index (Phi) is 2.96. The standard InChI is InChI=1S/C10H7ClFN3O/c11-7-2-1-6(8(12)4-7)3-10(16)9-5-13-15-14-9/h1-2,4-5H,3H2,(H,13,14,15). The van der Waals surface area contributed by atoms with Crippen LogP contribution >= 0.6 is 11.6 Å². The van der Waals surface area contributed by atoms with Crippen LogP contribution in [-0.2, 0) is 6.42 Å². The van der Waals surface area contributed by atoms with Crippen molar-refractivity contribution in [2.45, 2.75) is 6.42 Å². The highest BCUT2D eigenvalue weighted by atomic mass is 35.5. The van der Waals surface area contributed by atoms with Crippen LogP contribution in [0.3, 0.4) is 0 Å². The largest absolute Gasteiger partial charge is 0.292 e. The van der Waals surface area contributed by atoms with E-state index in [2.05, 4.69) is 15.4 Å². The van der Waals surface area contributed by atoms with Gasteiger partial charge in [0.1, 0.15) is 11.5 Å². The molecule has 0 saturated carbocycles. The molecule has 4 nitrogen and oxygen atoms in total. The smallest absolute Gasteiger partial charge is 0.189 e. The third-order valence-corrected chi connectivity index (χ3v) is 2.30. The van der Waals surface area contributed by atoms with Gasteiger partial charge in [-0.3, -0.25) is 4.79 Å². The number of nitrogens with zero attached hydrogens (tertiary/aromatic N) is 2. The van der Waals surface area contributed by atoms with Gasteiger partial charge in [-0.2, -0.15) is 15.4 Å². The lowest BCUT2D eigenvalue weighted by molar-refractivity contribution is 0.0987. The number of carbonyl (C=O) groups excluding carboxylic acids is 1. The molecule has 0 aliphatic rings. The summed E-state index contributed by atoms with van der Waals surface area (Å²) in [7, 11) is 0. The number of nitrogens with one attached hydrogen (secondary N) is 1. The van der Waals surface area contributed by atoms with Crippen LogP contribution < -0.4 is 0 Å². The highest BCUT2D eigenvalue weighted by molar-refractivity contribution is 6.30. The molecule has 1 aromatic heterocycles. The van der Waals surface area contributed by atoms with E-state index >= 15 is 0 Å². The minimum atomic E-state index is -0.496. The van der Waals surface area contributed by atoms with Crippen molar-refractivity contribution in [2.75, 3.05) is 0 Å². The zero-order valence-corrected chi connectivity index (χ0v) is 8.83. The SMILES string of the molecule is O=C(Cc1ccc(Cl)cc1F)c1cn[nH]n1. The van der Waals surface area contributed by atoms with Gasteiger partial charge < -0.3 is 0 Å². The second-order valence-corrected chi connectivity index (χ2v) is 3.63. The molecule has 2 aromatic rings. The summed E-state index contributed by atoms with van der Waals surface area (Å²) in [6.07, 6.45) is 1.24. The minimum absolute atomic E-state index is 0.0600. The van der Waals surface area contributed by atoms with Gasteiger partial charge in [0.15, 0.2) is 5.78 Å². The van der Waals surface area contributed by atoms with Gasteiger partial charge in [-0.25, -0.2) is 4.39 Å². The van der Waals surface area contributed by atoms with Gasteiger partial charge in [-0.05, 0) is 17.7 Å². The van der Waals surface area contributed by atoms with Gasteiger partial charge >= 0.3 is 0 Å². The number of hydrogen-bond donors (Lipinski definition) is 1. The van der Waals surface area contributed by atoms with Crippen LogP contribution in [0.25, 0.3) is 0 Å². The summed E-state index contributed by atoms with van der Waals surface area (Å²) in [6.45, 7) is 0. The summed E-state index contributed by atoms with van der Waals surface area (Å²) in [4.78, 5) is 11.6. The quantitative estimate of drug-likeness (QED) is 0.834. The highest BCUT2D eigenvalue weighted by Gasteiger charge is 2.12. The summed E-state index contributed by atoms with van der Waals surface area (Å²) >= 11 is 5.60. The fourth-order valence-corrected chi connectivity index (χ4v) is 1.42. The molecular formula is C10H7ClFN3O. The summed E-state index contributed by atoms with van der Waals surface area (Å²) in [6, 6.07) is 4.19. The van der Waals surface area contributed by atoms with Crippen molar-refractivity contribution in [2.24, 2.45) is 0 Å². The van der Waals surface area contributed by atoms with E-state index < -0.39 is 5.82 Å². The highest BCUT2D eigenvalue weighted by Crippen LogP contribution is 2.16. The molecule has 0 radical (unpaired) electrons. The maximum Gasteiger partial charge on any atom is 0.189 e. The summed E-state index contributed by atoms with van der Waals surface area (Å²) < 4.78 is 13.4. The molecule has 0 saturated heterocycles. The van der Waals surface area contributed by atoms with Crippen LogP contribution in [0.2, 0.25) is 5.02 Å². The Hall–Kier alpha value is -1.75. The first-order chi connectivity index (χ1) is 7.66. The second kappa shape index (κ2) is 4.40. The molecule has 16 heavy (non-hydrogen) atoms. The average molecular weight is 240 g/mol. The summed E-state index contributed by atoms with van der Waals surface area (Å²) in [5.74, 6) is -0.792. The van der Waals surface area contributed by atoms with Gasteiger partial charge in [0.25, 0.3) is 0 Å². The first-order valence-corrected chi connectivity index (χ1v) is 4.87. The van der Waals surface area contributed by atoms with E-state index in [1.165, 1.54) is 24.4 Å². The van der Waals surface area contributed by atoms with Crippen LogP contribution in [0.5, 0.6) is 0 Å². The number of ketones is 1. The molecule has 82 valence electrons. The van der Waals surface area contributed by atoms with Crippen molar-refractivity contribution in [3.63, 3.8) is 0 Å². The van der Waals surface area contributed by atoms with Gasteiger partial charge in [-0.15, -0.1) is 0 Å². The van der Waals surface area contributed by atoms with Crippen molar-refractivity contribution in [1.29, 1.82) is 0 Å². The van der Waals surface area contributed by atoms with Gasteiger partial charge in [0, 0.05) is 11.4 Å². The lowest BCUT2D eigenvalue weighted by Crippen LogP contribution is -2.05. The lowest BCUT2D eigenvalue weighted by atomic mass is 10.1. The zero-order chi connectivity index (χ0) is 11.5. The van der Waals surface area contributed by atoms with Crippen molar-refractivity contribution in [3.8, 4) is 0 Å². The molecule has 0 aliphatic carbocycles. The van der Waals surface area contributed by atoms with E-state index in [0.29, 0.717) is 5.02 Å². The number of benzene rings is 1. The van der Waals surface area contributed by atoms with E-state index in [1.54, 1.807) is 0 Å². The molecule has 0 atom stereocenters. The van der Waals surface area contributed by atoms with Crippen molar-refractivity contribution in [1.82, 2.24) is 15.4 Å². The molecule has 0 unspecified atom stereocenters. The molecule has 6 heteroatoms. The van der Waals surface area contributed by atoms with Crippen LogP contribution in [0.1, 0.15) is 16.1 Å². The first kappa shape index (κ1) is 10.8. The van der Waals surface area contributed by atoms with Crippen LogP contribution in [-0.4, -0.2) is 21.2 Å². The van der Waals surface area contributed by atoms with Crippen LogP contribution in [0.4, 0.5) is 4.39 Å². The molecule has 0 aliphatic heterocycles. The van der Waals surface area contributed by atoms with E-state index in [4.69, 9.17) is 11.6 Å². The number of hydrogen-bond acceptors (Lipinski definition) is 3. The van der Waals surface area contributed by atoms with E-state index in [0.717, 1.165) is 0 Å². The Bertz CT molecular complexity index is 513. The van der Waals surface area contributed by atoms with E-state index in [1.807, 2.05) is 0 Å². The Labute approximate surface area is 95.4 Å². The van der Waals surface area contributed by atoms with Crippen molar-refractivity contribution in [3.05, 3.63) is 46.5 Å².